The SMILES string of the molecule is CN(C)c1cccc(C(=O)N2CC[C@@H](c3ccccc3Cl)S(=O)(=O)CC2)c1. The van der Waals surface area contributed by atoms with E-state index in [4.69, 9.17) is 11.6 Å². The molecule has 7 heteroatoms. The molecule has 0 aliphatic carbocycles. The van der Waals surface area contributed by atoms with Gasteiger partial charge in [-0.15, -0.1) is 0 Å². The predicted octanol–water partition coefficient (Wildman–Crippen LogP) is 3.41. The summed E-state index contributed by atoms with van der Waals surface area (Å²) < 4.78 is 25.6. The predicted molar refractivity (Wildman–Crippen MR) is 109 cm³/mol. The summed E-state index contributed by atoms with van der Waals surface area (Å²) in [6.07, 6.45) is 0.338. The molecule has 1 atom stereocenters. The number of hydrogen-bond acceptors (Lipinski definition) is 4. The van der Waals surface area contributed by atoms with Crippen molar-refractivity contribution in [2.45, 2.75) is 11.7 Å². The Morgan fingerprint density at radius 1 is 1.11 bits per heavy atom. The fraction of sp³-hybridized carbons (Fsp3) is 0.350. The van der Waals surface area contributed by atoms with Crippen molar-refractivity contribution in [2.75, 3.05) is 37.8 Å². The van der Waals surface area contributed by atoms with Gasteiger partial charge in [-0.1, -0.05) is 35.9 Å². The summed E-state index contributed by atoms with van der Waals surface area (Å²) in [5, 5.41) is -0.235. The molecule has 1 aliphatic rings. The zero-order valence-electron chi connectivity index (χ0n) is 15.4. The van der Waals surface area contributed by atoms with Gasteiger partial charge < -0.3 is 9.80 Å². The molecule has 27 heavy (non-hydrogen) atoms. The van der Waals surface area contributed by atoms with Gasteiger partial charge in [-0.05, 0) is 36.2 Å². The highest BCUT2D eigenvalue weighted by molar-refractivity contribution is 7.91. The zero-order valence-corrected chi connectivity index (χ0v) is 17.0. The normalized spacial score (nSPS) is 19.4. The Labute approximate surface area is 165 Å². The second kappa shape index (κ2) is 7.90. The minimum absolute atomic E-state index is 0.0675. The molecule has 1 amide bonds. The van der Waals surface area contributed by atoms with Crippen LogP contribution in [0.25, 0.3) is 0 Å². The van der Waals surface area contributed by atoms with Crippen LogP contribution in [0.5, 0.6) is 0 Å². The maximum Gasteiger partial charge on any atom is 0.253 e. The molecule has 0 bridgehead atoms. The first-order chi connectivity index (χ1) is 12.8. The summed E-state index contributed by atoms with van der Waals surface area (Å²) in [5.74, 6) is -0.212. The van der Waals surface area contributed by atoms with Crippen molar-refractivity contribution in [2.24, 2.45) is 0 Å². The van der Waals surface area contributed by atoms with Gasteiger partial charge in [-0.2, -0.15) is 0 Å². The molecule has 5 nitrogen and oxygen atoms in total. The van der Waals surface area contributed by atoms with Crippen LogP contribution in [-0.2, 0) is 9.84 Å². The standard InChI is InChI=1S/C20H23ClN2O3S/c1-22(2)16-7-5-6-15(14-16)20(24)23-11-10-19(27(25,26)13-12-23)17-8-3-4-9-18(17)21/h3-9,14,19H,10-13H2,1-2H3/t19-/m0/s1. The average molecular weight is 407 g/mol. The number of benzene rings is 2. The summed E-state index contributed by atoms with van der Waals surface area (Å²) in [6.45, 7) is 0.564. The molecule has 144 valence electrons. The summed E-state index contributed by atoms with van der Waals surface area (Å²) in [4.78, 5) is 16.5. The number of amides is 1. The van der Waals surface area contributed by atoms with Gasteiger partial charge in [-0.25, -0.2) is 8.42 Å². The average Bonchev–Trinajstić information content (AvgIpc) is 2.80. The topological polar surface area (TPSA) is 57.7 Å². The smallest absolute Gasteiger partial charge is 0.253 e. The molecule has 0 aromatic heterocycles. The monoisotopic (exact) mass is 406 g/mol. The molecule has 0 spiro atoms. The molecule has 1 aliphatic heterocycles. The highest BCUT2D eigenvalue weighted by Crippen LogP contribution is 2.34. The zero-order chi connectivity index (χ0) is 19.6. The Hall–Kier alpha value is -2.05. The van der Waals surface area contributed by atoms with E-state index in [2.05, 4.69) is 0 Å². The van der Waals surface area contributed by atoms with Gasteiger partial charge in [0.1, 0.15) is 0 Å². The van der Waals surface area contributed by atoms with Crippen LogP contribution in [0.1, 0.15) is 27.6 Å². The van der Waals surface area contributed by atoms with Crippen molar-refractivity contribution in [3.63, 3.8) is 0 Å². The Kier molecular flexibility index (Phi) is 5.77. The lowest BCUT2D eigenvalue weighted by Crippen LogP contribution is -2.33. The molecule has 1 saturated heterocycles. The summed E-state index contributed by atoms with van der Waals surface area (Å²) >= 11 is 6.23. The third kappa shape index (κ3) is 4.28. The Morgan fingerprint density at radius 3 is 2.56 bits per heavy atom. The van der Waals surface area contributed by atoms with E-state index in [0.717, 1.165) is 5.69 Å². The van der Waals surface area contributed by atoms with Crippen LogP contribution >= 0.6 is 11.6 Å². The van der Waals surface area contributed by atoms with Crippen molar-refractivity contribution in [1.29, 1.82) is 0 Å². The maximum atomic E-state index is 12.9. The minimum atomic E-state index is -3.39. The Morgan fingerprint density at radius 2 is 1.85 bits per heavy atom. The molecule has 1 fully saturated rings. The first-order valence-corrected chi connectivity index (χ1v) is 10.9. The van der Waals surface area contributed by atoms with Gasteiger partial charge in [0.05, 0.1) is 11.0 Å². The van der Waals surface area contributed by atoms with E-state index in [9.17, 15) is 13.2 Å². The molecular weight excluding hydrogens is 384 g/mol. The number of carbonyl (C=O) groups excluding carboxylic acids is 1. The van der Waals surface area contributed by atoms with Crippen LogP contribution in [0.2, 0.25) is 5.02 Å². The first kappa shape index (κ1) is 19.7. The number of rotatable bonds is 3. The molecule has 0 unspecified atom stereocenters. The van der Waals surface area contributed by atoms with Gasteiger partial charge in [0.25, 0.3) is 5.91 Å². The molecule has 0 saturated carbocycles. The van der Waals surface area contributed by atoms with Crippen molar-refractivity contribution >= 4 is 33.0 Å². The lowest BCUT2D eigenvalue weighted by Gasteiger charge is -2.21. The molecule has 2 aromatic carbocycles. The second-order valence-corrected chi connectivity index (χ2v) is 9.61. The van der Waals surface area contributed by atoms with E-state index >= 15 is 0 Å². The quantitative estimate of drug-likeness (QED) is 0.783. The minimum Gasteiger partial charge on any atom is -0.378 e. The lowest BCUT2D eigenvalue weighted by atomic mass is 10.1. The molecule has 3 rings (SSSR count). The number of hydrogen-bond donors (Lipinski definition) is 0. The van der Waals surface area contributed by atoms with Crippen LogP contribution in [-0.4, -0.2) is 52.2 Å². The molecular formula is C20H23ClN2O3S. The number of sulfone groups is 1. The highest BCUT2D eigenvalue weighted by atomic mass is 35.5. The van der Waals surface area contributed by atoms with Gasteiger partial charge in [0.15, 0.2) is 9.84 Å². The van der Waals surface area contributed by atoms with Gasteiger partial charge in [-0.3, -0.25) is 4.79 Å². The first-order valence-electron chi connectivity index (χ1n) is 8.82. The molecule has 0 radical (unpaired) electrons. The summed E-state index contributed by atoms with van der Waals surface area (Å²) in [5.41, 5.74) is 2.11. The second-order valence-electron chi connectivity index (χ2n) is 6.90. The number of nitrogens with zero attached hydrogens (tertiary/aromatic N) is 2. The number of halogens is 1. The van der Waals surface area contributed by atoms with Crippen molar-refractivity contribution < 1.29 is 13.2 Å². The van der Waals surface area contributed by atoms with Gasteiger partial charge in [0.2, 0.25) is 0 Å². The maximum absolute atomic E-state index is 12.9. The molecule has 0 N–H and O–H groups in total. The number of anilines is 1. The fourth-order valence-electron chi connectivity index (χ4n) is 3.33. The van der Waals surface area contributed by atoms with E-state index in [1.54, 1.807) is 35.2 Å². The highest BCUT2D eigenvalue weighted by Gasteiger charge is 2.34. The number of carbonyl (C=O) groups is 1. The largest absolute Gasteiger partial charge is 0.378 e. The fourth-order valence-corrected chi connectivity index (χ4v) is 5.48. The van der Waals surface area contributed by atoms with E-state index in [1.165, 1.54) is 0 Å². The van der Waals surface area contributed by atoms with Crippen LogP contribution in [0, 0.1) is 0 Å². The van der Waals surface area contributed by atoms with Crippen molar-refractivity contribution in [3.8, 4) is 0 Å². The summed E-state index contributed by atoms with van der Waals surface area (Å²) in [6, 6.07) is 14.4. The Balaban J connectivity index is 1.84. The van der Waals surface area contributed by atoms with Crippen LogP contribution in [0.3, 0.4) is 0 Å². The van der Waals surface area contributed by atoms with E-state index in [-0.39, 0.29) is 18.2 Å². The van der Waals surface area contributed by atoms with Crippen molar-refractivity contribution in [3.05, 3.63) is 64.7 Å². The van der Waals surface area contributed by atoms with Gasteiger partial charge in [0, 0.05) is 43.5 Å². The Bertz CT molecular complexity index is 944. The van der Waals surface area contributed by atoms with Gasteiger partial charge >= 0.3 is 0 Å². The lowest BCUT2D eigenvalue weighted by molar-refractivity contribution is 0.0766. The third-order valence-corrected chi connectivity index (χ3v) is 7.34. The molecule has 2 aromatic rings. The van der Waals surface area contributed by atoms with E-state index in [0.29, 0.717) is 29.1 Å². The summed E-state index contributed by atoms with van der Waals surface area (Å²) in [7, 11) is 0.434. The van der Waals surface area contributed by atoms with Crippen LogP contribution in [0.4, 0.5) is 5.69 Å². The third-order valence-electron chi connectivity index (χ3n) is 4.89. The van der Waals surface area contributed by atoms with Crippen molar-refractivity contribution in [1.82, 2.24) is 4.90 Å². The van der Waals surface area contributed by atoms with E-state index in [1.807, 2.05) is 37.2 Å². The van der Waals surface area contributed by atoms with Crippen LogP contribution < -0.4 is 4.90 Å². The van der Waals surface area contributed by atoms with E-state index < -0.39 is 15.1 Å². The molecule has 1 heterocycles. The van der Waals surface area contributed by atoms with Crippen LogP contribution in [0.15, 0.2) is 48.5 Å².